The Labute approximate surface area is 180 Å². The van der Waals surface area contributed by atoms with E-state index in [4.69, 9.17) is 26.3 Å². The molecule has 0 bridgehead atoms. The number of hydrogen-bond acceptors (Lipinski definition) is 6. The number of halogens is 1. The Bertz CT molecular complexity index is 1240. The van der Waals surface area contributed by atoms with E-state index in [1.165, 1.54) is 5.56 Å². The number of piperazine rings is 1. The van der Waals surface area contributed by atoms with Crippen LogP contribution in [-0.4, -0.2) is 48.2 Å². The molecule has 0 atom stereocenters. The number of hydrogen-bond donors (Lipinski definition) is 0. The molecule has 0 N–H and O–H groups in total. The number of methoxy groups -OCH3 is 1. The van der Waals surface area contributed by atoms with E-state index in [0.29, 0.717) is 5.15 Å². The SMILES string of the molecule is COc1cccc2c(C)cc(N3CCN(c4nc5ccccc5nc4Cl)CC3)nc12. The highest BCUT2D eigenvalue weighted by Crippen LogP contribution is 2.30. The molecule has 0 spiro atoms. The first kappa shape index (κ1) is 18.9. The van der Waals surface area contributed by atoms with Gasteiger partial charge in [0.2, 0.25) is 0 Å². The highest BCUT2D eigenvalue weighted by Gasteiger charge is 2.23. The quantitative estimate of drug-likeness (QED) is 0.488. The van der Waals surface area contributed by atoms with Gasteiger partial charge in [-0.2, -0.15) is 0 Å². The second-order valence-corrected chi connectivity index (χ2v) is 7.81. The number of ether oxygens (including phenoxy) is 1. The van der Waals surface area contributed by atoms with Gasteiger partial charge < -0.3 is 14.5 Å². The molecule has 30 heavy (non-hydrogen) atoms. The van der Waals surface area contributed by atoms with Crippen molar-refractivity contribution in [2.24, 2.45) is 0 Å². The number of aromatic nitrogens is 3. The minimum Gasteiger partial charge on any atom is -0.494 e. The summed E-state index contributed by atoms with van der Waals surface area (Å²) in [5, 5.41) is 1.57. The topological polar surface area (TPSA) is 54.4 Å². The van der Waals surface area contributed by atoms with Crippen LogP contribution in [0.15, 0.2) is 48.5 Å². The lowest BCUT2D eigenvalue weighted by atomic mass is 10.1. The highest BCUT2D eigenvalue weighted by atomic mass is 35.5. The number of benzene rings is 2. The number of fused-ring (bicyclic) bond motifs is 2. The normalized spacial score (nSPS) is 14.5. The van der Waals surface area contributed by atoms with Gasteiger partial charge in [0.25, 0.3) is 0 Å². The molecule has 7 heteroatoms. The molecular formula is C23H22ClN5O. The van der Waals surface area contributed by atoms with Crippen molar-refractivity contribution in [3.63, 3.8) is 0 Å². The van der Waals surface area contributed by atoms with Crippen LogP contribution in [0.25, 0.3) is 21.9 Å². The van der Waals surface area contributed by atoms with Crippen LogP contribution < -0.4 is 14.5 Å². The van der Waals surface area contributed by atoms with Crippen molar-refractivity contribution in [1.29, 1.82) is 0 Å². The molecular weight excluding hydrogens is 398 g/mol. The highest BCUT2D eigenvalue weighted by molar-refractivity contribution is 6.32. The van der Waals surface area contributed by atoms with Gasteiger partial charge in [-0.1, -0.05) is 35.9 Å². The number of pyridine rings is 1. The zero-order chi connectivity index (χ0) is 20.7. The molecule has 1 saturated heterocycles. The third-order valence-electron chi connectivity index (χ3n) is 5.63. The van der Waals surface area contributed by atoms with E-state index < -0.39 is 0 Å². The van der Waals surface area contributed by atoms with Gasteiger partial charge in [-0.05, 0) is 36.8 Å². The van der Waals surface area contributed by atoms with Gasteiger partial charge in [-0.25, -0.2) is 15.0 Å². The Balaban J connectivity index is 1.41. The maximum absolute atomic E-state index is 6.45. The van der Waals surface area contributed by atoms with Gasteiger partial charge in [0.1, 0.15) is 17.1 Å². The summed E-state index contributed by atoms with van der Waals surface area (Å²) < 4.78 is 5.53. The van der Waals surface area contributed by atoms with Crippen LogP contribution in [0.3, 0.4) is 0 Å². The summed E-state index contributed by atoms with van der Waals surface area (Å²) in [4.78, 5) is 18.7. The van der Waals surface area contributed by atoms with E-state index in [9.17, 15) is 0 Å². The number of anilines is 2. The van der Waals surface area contributed by atoms with E-state index in [1.807, 2.05) is 36.4 Å². The van der Waals surface area contributed by atoms with Crippen molar-refractivity contribution in [3.8, 4) is 5.75 Å². The molecule has 3 heterocycles. The molecule has 5 rings (SSSR count). The summed E-state index contributed by atoms with van der Waals surface area (Å²) in [7, 11) is 1.69. The molecule has 0 amide bonds. The Morgan fingerprint density at radius 3 is 2.30 bits per heavy atom. The maximum atomic E-state index is 6.45. The Morgan fingerprint density at radius 2 is 1.57 bits per heavy atom. The predicted molar refractivity (Wildman–Crippen MR) is 122 cm³/mol. The zero-order valence-electron chi connectivity index (χ0n) is 17.0. The lowest BCUT2D eigenvalue weighted by Crippen LogP contribution is -2.47. The van der Waals surface area contributed by atoms with Crippen LogP contribution >= 0.6 is 11.6 Å². The smallest absolute Gasteiger partial charge is 0.172 e. The first-order chi connectivity index (χ1) is 14.6. The van der Waals surface area contributed by atoms with Crippen LogP contribution in [-0.2, 0) is 0 Å². The van der Waals surface area contributed by atoms with Gasteiger partial charge in [0, 0.05) is 31.6 Å². The number of rotatable bonds is 3. The van der Waals surface area contributed by atoms with Crippen molar-refractivity contribution in [3.05, 3.63) is 59.2 Å². The Morgan fingerprint density at radius 1 is 0.867 bits per heavy atom. The molecule has 152 valence electrons. The molecule has 2 aromatic carbocycles. The van der Waals surface area contributed by atoms with Crippen molar-refractivity contribution in [2.45, 2.75) is 6.92 Å². The van der Waals surface area contributed by atoms with Crippen molar-refractivity contribution >= 4 is 45.2 Å². The summed E-state index contributed by atoms with van der Waals surface area (Å²) in [5.41, 5.74) is 3.77. The van der Waals surface area contributed by atoms with Gasteiger partial charge in [0.05, 0.1) is 18.1 Å². The summed E-state index contributed by atoms with van der Waals surface area (Å²) in [6.45, 7) is 5.39. The molecule has 1 fully saturated rings. The van der Waals surface area contributed by atoms with Crippen LogP contribution in [0.2, 0.25) is 5.15 Å². The zero-order valence-corrected chi connectivity index (χ0v) is 17.7. The minimum absolute atomic E-state index is 0.451. The minimum atomic E-state index is 0.451. The fourth-order valence-electron chi connectivity index (χ4n) is 4.02. The summed E-state index contributed by atoms with van der Waals surface area (Å²) in [6.07, 6.45) is 0. The first-order valence-corrected chi connectivity index (χ1v) is 10.4. The predicted octanol–water partition coefficient (Wildman–Crippen LogP) is 4.48. The summed E-state index contributed by atoms with van der Waals surface area (Å²) in [5.74, 6) is 2.52. The fraction of sp³-hybridized carbons (Fsp3) is 0.261. The molecule has 0 aliphatic carbocycles. The lowest BCUT2D eigenvalue weighted by Gasteiger charge is -2.36. The average Bonchev–Trinajstić information content (AvgIpc) is 2.78. The number of nitrogens with zero attached hydrogens (tertiary/aromatic N) is 5. The molecule has 0 radical (unpaired) electrons. The van der Waals surface area contributed by atoms with Crippen LogP contribution in [0.5, 0.6) is 5.75 Å². The maximum Gasteiger partial charge on any atom is 0.172 e. The molecule has 1 aliphatic heterocycles. The van der Waals surface area contributed by atoms with E-state index >= 15 is 0 Å². The molecule has 6 nitrogen and oxygen atoms in total. The van der Waals surface area contributed by atoms with Crippen LogP contribution in [0.4, 0.5) is 11.6 Å². The van der Waals surface area contributed by atoms with Crippen LogP contribution in [0.1, 0.15) is 5.56 Å². The fourth-order valence-corrected chi connectivity index (χ4v) is 4.27. The number of para-hydroxylation sites is 3. The van der Waals surface area contributed by atoms with E-state index in [-0.39, 0.29) is 0 Å². The van der Waals surface area contributed by atoms with Crippen LogP contribution in [0, 0.1) is 6.92 Å². The molecule has 2 aromatic heterocycles. The third-order valence-corrected chi connectivity index (χ3v) is 5.88. The summed E-state index contributed by atoms with van der Waals surface area (Å²) in [6, 6.07) is 16.0. The van der Waals surface area contributed by atoms with Crippen molar-refractivity contribution in [2.75, 3.05) is 43.1 Å². The largest absolute Gasteiger partial charge is 0.494 e. The first-order valence-electron chi connectivity index (χ1n) is 10.0. The van der Waals surface area contributed by atoms with Gasteiger partial charge in [0.15, 0.2) is 11.0 Å². The van der Waals surface area contributed by atoms with Gasteiger partial charge >= 0.3 is 0 Å². The molecule has 4 aromatic rings. The summed E-state index contributed by atoms with van der Waals surface area (Å²) >= 11 is 6.45. The molecule has 0 unspecified atom stereocenters. The average molecular weight is 420 g/mol. The Hall–Kier alpha value is -3.12. The standard InChI is InChI=1S/C23H22ClN5O/c1-15-14-20(27-21-16(15)6-5-9-19(21)30-2)28-10-12-29(13-11-28)23-22(24)25-17-7-3-4-8-18(17)26-23/h3-9,14H,10-13H2,1-2H3. The van der Waals surface area contributed by atoms with E-state index in [1.54, 1.807) is 7.11 Å². The van der Waals surface area contributed by atoms with Gasteiger partial charge in [-0.15, -0.1) is 0 Å². The second kappa shape index (κ2) is 7.61. The molecule has 0 saturated carbocycles. The van der Waals surface area contributed by atoms with Gasteiger partial charge in [-0.3, -0.25) is 0 Å². The molecule has 1 aliphatic rings. The second-order valence-electron chi connectivity index (χ2n) is 7.45. The lowest BCUT2D eigenvalue weighted by molar-refractivity contribution is 0.419. The third kappa shape index (κ3) is 3.27. The van der Waals surface area contributed by atoms with Crippen molar-refractivity contribution in [1.82, 2.24) is 15.0 Å². The van der Waals surface area contributed by atoms with Crippen molar-refractivity contribution < 1.29 is 4.74 Å². The van der Waals surface area contributed by atoms with E-state index in [0.717, 1.165) is 65.5 Å². The Kier molecular flexibility index (Phi) is 4.79. The monoisotopic (exact) mass is 419 g/mol. The number of aryl methyl sites for hydroxylation is 1. The van der Waals surface area contributed by atoms with E-state index in [2.05, 4.69) is 33.8 Å².